The van der Waals surface area contributed by atoms with E-state index in [2.05, 4.69) is 4.98 Å². The van der Waals surface area contributed by atoms with Gasteiger partial charge in [-0.3, -0.25) is 13.6 Å². The molecule has 27 heavy (non-hydrogen) atoms. The van der Waals surface area contributed by atoms with Gasteiger partial charge in [0.05, 0.1) is 17.8 Å². The van der Waals surface area contributed by atoms with Crippen LogP contribution in [0.1, 0.15) is 60.6 Å². The molecule has 0 amide bonds. The van der Waals surface area contributed by atoms with Gasteiger partial charge in [0.2, 0.25) is 0 Å². The molecule has 0 bridgehead atoms. The summed E-state index contributed by atoms with van der Waals surface area (Å²) in [4.78, 5) is 26.0. The minimum Gasteiger partial charge on any atom is -0.383 e. The fourth-order valence-electron chi connectivity index (χ4n) is 2.95. The average Bonchev–Trinajstić information content (AvgIpc) is 2.75. The lowest BCUT2D eigenvalue weighted by atomic mass is 9.87. The third kappa shape index (κ3) is 6.69. The number of nitrogens with zero attached hydrogens (tertiary/aromatic N) is 2. The first-order chi connectivity index (χ1) is 12.2. The van der Waals surface area contributed by atoms with Crippen LogP contribution < -0.4 is 11.4 Å². The van der Waals surface area contributed by atoms with E-state index in [1.807, 2.05) is 20.8 Å². The van der Waals surface area contributed by atoms with E-state index in [1.165, 1.54) is 16.8 Å². The van der Waals surface area contributed by atoms with Gasteiger partial charge in [-0.1, -0.05) is 20.8 Å². The zero-order valence-corrected chi connectivity index (χ0v) is 17.6. The molecule has 3 N–H and O–H groups in total. The standard InChI is InChI=1S/C17H30N3O6P/c1-16(2,3)10-12-11(25-27(22,23)26-17(4,5)6)9-14(24-12)20-8-7-13(18)19-15(20)21/h7-8,11-12,14H,9-10H2,1-6H3,(H,22,23)(H2,18,19,21). The summed E-state index contributed by atoms with van der Waals surface area (Å²) in [6.45, 7) is 11.1. The van der Waals surface area contributed by atoms with Gasteiger partial charge in [-0.15, -0.1) is 0 Å². The van der Waals surface area contributed by atoms with Gasteiger partial charge in [-0.05, 0) is 38.7 Å². The predicted octanol–water partition coefficient (Wildman–Crippen LogP) is 2.85. The third-order valence-electron chi connectivity index (χ3n) is 3.81. The van der Waals surface area contributed by atoms with E-state index in [9.17, 15) is 14.3 Å². The molecule has 4 unspecified atom stereocenters. The van der Waals surface area contributed by atoms with Crippen LogP contribution in [0.2, 0.25) is 0 Å². The maximum Gasteiger partial charge on any atom is 0.473 e. The summed E-state index contributed by atoms with van der Waals surface area (Å²) in [6, 6.07) is 1.50. The van der Waals surface area contributed by atoms with Crippen LogP contribution in [-0.2, 0) is 18.3 Å². The molecular weight excluding hydrogens is 373 g/mol. The summed E-state index contributed by atoms with van der Waals surface area (Å²) in [5.41, 5.74) is 4.02. The highest BCUT2D eigenvalue weighted by Crippen LogP contribution is 2.51. The summed E-state index contributed by atoms with van der Waals surface area (Å²) in [5, 5.41) is 0. The molecule has 2 rings (SSSR count). The molecule has 4 atom stereocenters. The molecule has 9 nitrogen and oxygen atoms in total. The predicted molar refractivity (Wildman–Crippen MR) is 101 cm³/mol. The van der Waals surface area contributed by atoms with Crippen LogP contribution in [0.25, 0.3) is 0 Å². The molecule has 154 valence electrons. The van der Waals surface area contributed by atoms with Crippen molar-refractivity contribution < 1.29 is 23.2 Å². The Balaban J connectivity index is 2.24. The number of rotatable bonds is 5. The second-order valence-corrected chi connectivity index (χ2v) is 10.3. The van der Waals surface area contributed by atoms with Gasteiger partial charge in [0.1, 0.15) is 12.0 Å². The Hall–Kier alpha value is -1.25. The first kappa shape index (κ1) is 22.0. The van der Waals surface area contributed by atoms with Crippen molar-refractivity contribution in [3.63, 3.8) is 0 Å². The fraction of sp³-hybridized carbons (Fsp3) is 0.765. The number of phosphoric acid groups is 1. The van der Waals surface area contributed by atoms with Crippen molar-refractivity contribution in [1.82, 2.24) is 9.55 Å². The summed E-state index contributed by atoms with van der Waals surface area (Å²) in [6.07, 6.45) is 0.416. The molecule has 1 saturated heterocycles. The molecule has 0 aliphatic carbocycles. The van der Waals surface area contributed by atoms with E-state index in [0.29, 0.717) is 6.42 Å². The monoisotopic (exact) mass is 403 g/mol. The third-order valence-corrected chi connectivity index (χ3v) is 5.13. The molecule has 0 saturated carbocycles. The number of phosphoric ester groups is 1. The molecule has 0 radical (unpaired) electrons. The molecule has 0 spiro atoms. The van der Waals surface area contributed by atoms with Crippen LogP contribution >= 0.6 is 7.82 Å². The second-order valence-electron chi connectivity index (χ2n) is 8.99. The summed E-state index contributed by atoms with van der Waals surface area (Å²) < 4.78 is 30.4. The number of ether oxygens (including phenoxy) is 1. The van der Waals surface area contributed by atoms with Crippen molar-refractivity contribution in [1.29, 1.82) is 0 Å². The van der Waals surface area contributed by atoms with Gasteiger partial charge in [-0.2, -0.15) is 4.98 Å². The lowest BCUT2D eigenvalue weighted by molar-refractivity contribution is -0.0426. The number of hydrogen-bond donors (Lipinski definition) is 2. The van der Waals surface area contributed by atoms with E-state index < -0.39 is 37.5 Å². The van der Waals surface area contributed by atoms with Crippen LogP contribution in [0.4, 0.5) is 5.82 Å². The SMILES string of the molecule is CC(C)(C)CC1OC(n2ccc(N)nc2=O)CC1OP(=O)(O)OC(C)(C)C. The highest BCUT2D eigenvalue weighted by Gasteiger charge is 2.44. The Morgan fingerprint density at radius 2 is 2.00 bits per heavy atom. The van der Waals surface area contributed by atoms with Crippen molar-refractivity contribution in [3.05, 3.63) is 22.7 Å². The average molecular weight is 403 g/mol. The van der Waals surface area contributed by atoms with Crippen molar-refractivity contribution in [2.45, 2.75) is 78.4 Å². The Labute approximate surface area is 159 Å². The number of nitrogen functional groups attached to an aromatic ring is 1. The minimum absolute atomic E-state index is 0.115. The lowest BCUT2D eigenvalue weighted by Gasteiger charge is -2.29. The van der Waals surface area contributed by atoms with Crippen molar-refractivity contribution in [3.8, 4) is 0 Å². The normalized spacial score (nSPS) is 26.1. The Bertz CT molecular complexity index is 767. The first-order valence-corrected chi connectivity index (χ1v) is 10.4. The minimum atomic E-state index is -4.31. The van der Waals surface area contributed by atoms with Crippen LogP contribution in [0.5, 0.6) is 0 Å². The number of nitrogens with two attached hydrogens (primary N) is 1. The van der Waals surface area contributed by atoms with Crippen LogP contribution in [0.3, 0.4) is 0 Å². The Kier molecular flexibility index (Phi) is 6.24. The fourth-order valence-corrected chi connectivity index (χ4v) is 4.25. The smallest absolute Gasteiger partial charge is 0.383 e. The van der Waals surface area contributed by atoms with Crippen molar-refractivity contribution in [2.75, 3.05) is 5.73 Å². The highest BCUT2D eigenvalue weighted by atomic mass is 31.2. The van der Waals surface area contributed by atoms with E-state index in [-0.39, 0.29) is 17.7 Å². The van der Waals surface area contributed by atoms with Crippen molar-refractivity contribution >= 4 is 13.6 Å². The summed E-state index contributed by atoms with van der Waals surface area (Å²) in [7, 11) is -4.31. The van der Waals surface area contributed by atoms with Gasteiger partial charge < -0.3 is 15.4 Å². The number of hydrogen-bond acceptors (Lipinski definition) is 7. The lowest BCUT2D eigenvalue weighted by Crippen LogP contribution is -2.30. The van der Waals surface area contributed by atoms with E-state index >= 15 is 0 Å². The Morgan fingerprint density at radius 3 is 2.52 bits per heavy atom. The molecule has 0 aromatic carbocycles. The molecule has 2 heterocycles. The second kappa shape index (κ2) is 7.64. The highest BCUT2D eigenvalue weighted by molar-refractivity contribution is 7.47. The quantitative estimate of drug-likeness (QED) is 0.719. The van der Waals surface area contributed by atoms with E-state index in [4.69, 9.17) is 19.5 Å². The maximum absolute atomic E-state index is 12.4. The van der Waals surface area contributed by atoms with E-state index in [0.717, 1.165) is 0 Å². The molecule has 1 aliphatic heterocycles. The van der Waals surface area contributed by atoms with Gasteiger partial charge >= 0.3 is 13.5 Å². The molecule has 1 aliphatic rings. The number of aromatic nitrogens is 2. The van der Waals surface area contributed by atoms with Gasteiger partial charge in [-0.25, -0.2) is 9.36 Å². The Morgan fingerprint density at radius 1 is 1.37 bits per heavy atom. The largest absolute Gasteiger partial charge is 0.473 e. The van der Waals surface area contributed by atoms with Gasteiger partial charge in [0.25, 0.3) is 0 Å². The van der Waals surface area contributed by atoms with Crippen LogP contribution in [0.15, 0.2) is 17.1 Å². The van der Waals surface area contributed by atoms with Gasteiger partial charge in [0, 0.05) is 12.6 Å². The maximum atomic E-state index is 12.4. The molecule has 1 aromatic heterocycles. The molecule has 10 heteroatoms. The molecule has 1 fully saturated rings. The zero-order valence-electron chi connectivity index (χ0n) is 16.7. The topological polar surface area (TPSA) is 126 Å². The van der Waals surface area contributed by atoms with Crippen LogP contribution in [0, 0.1) is 5.41 Å². The molecular formula is C17H30N3O6P. The summed E-state index contributed by atoms with van der Waals surface area (Å²) in [5.74, 6) is 0.117. The van der Waals surface area contributed by atoms with Gasteiger partial charge in [0.15, 0.2) is 0 Å². The van der Waals surface area contributed by atoms with Crippen LogP contribution in [-0.4, -0.2) is 32.3 Å². The van der Waals surface area contributed by atoms with Crippen molar-refractivity contribution in [2.24, 2.45) is 5.41 Å². The summed E-state index contributed by atoms with van der Waals surface area (Å²) >= 11 is 0. The number of anilines is 1. The molecule has 1 aromatic rings. The zero-order chi connectivity index (χ0) is 20.6. The first-order valence-electron chi connectivity index (χ1n) is 8.87. The van der Waals surface area contributed by atoms with E-state index in [1.54, 1.807) is 20.8 Å².